The summed E-state index contributed by atoms with van der Waals surface area (Å²) >= 11 is 0. The van der Waals surface area contributed by atoms with Crippen LogP contribution in [0.1, 0.15) is 35.6 Å². The Balaban J connectivity index is 2.11. The topological polar surface area (TPSA) is 68.2 Å². The number of nitrogens with zero attached hydrogens (tertiary/aromatic N) is 1. The van der Waals surface area contributed by atoms with Gasteiger partial charge in [-0.25, -0.2) is 0 Å². The lowest BCUT2D eigenvalue weighted by Crippen LogP contribution is -2.39. The zero-order chi connectivity index (χ0) is 23.5. The number of carboxylic acids is 1. The van der Waals surface area contributed by atoms with Crippen LogP contribution < -0.4 is 14.2 Å². The van der Waals surface area contributed by atoms with Gasteiger partial charge in [0.05, 0.1) is 38.9 Å². The van der Waals surface area contributed by atoms with Gasteiger partial charge >= 0.3 is 12.1 Å². The number of likely N-dealkylation sites (tertiary alicyclic amines) is 1. The molecule has 0 aromatic heterocycles. The van der Waals surface area contributed by atoms with Gasteiger partial charge in [0.2, 0.25) is 5.75 Å². The summed E-state index contributed by atoms with van der Waals surface area (Å²) in [5.74, 6) is -0.161. The summed E-state index contributed by atoms with van der Waals surface area (Å²) in [6, 6.07) is 8.08. The van der Waals surface area contributed by atoms with E-state index in [1.165, 1.54) is 27.4 Å². The van der Waals surface area contributed by atoms with Gasteiger partial charge < -0.3 is 19.3 Å². The molecule has 2 aromatic rings. The van der Waals surface area contributed by atoms with Crippen molar-refractivity contribution in [2.24, 2.45) is 5.92 Å². The van der Waals surface area contributed by atoms with Gasteiger partial charge in [0, 0.05) is 0 Å². The van der Waals surface area contributed by atoms with Gasteiger partial charge in [0.1, 0.15) is 0 Å². The van der Waals surface area contributed by atoms with E-state index in [4.69, 9.17) is 14.2 Å². The van der Waals surface area contributed by atoms with E-state index in [-0.39, 0.29) is 0 Å². The highest BCUT2D eigenvalue weighted by Crippen LogP contribution is 2.43. The van der Waals surface area contributed by atoms with Gasteiger partial charge in [-0.1, -0.05) is 12.1 Å². The molecule has 2 aromatic carbocycles. The Morgan fingerprint density at radius 3 is 2.06 bits per heavy atom. The van der Waals surface area contributed by atoms with E-state index >= 15 is 0 Å². The van der Waals surface area contributed by atoms with Gasteiger partial charge in [-0.05, 0) is 61.3 Å². The second-order valence-corrected chi connectivity index (χ2v) is 7.63. The zero-order valence-corrected chi connectivity index (χ0v) is 18.1. The average molecular weight is 453 g/mol. The molecule has 1 aliphatic heterocycles. The molecule has 1 N–H and O–H groups in total. The lowest BCUT2D eigenvalue weighted by atomic mass is 9.90. The minimum atomic E-state index is -4.48. The van der Waals surface area contributed by atoms with Crippen molar-refractivity contribution in [3.8, 4) is 17.2 Å². The van der Waals surface area contributed by atoms with Gasteiger partial charge in [0.25, 0.3) is 0 Å². The number of aliphatic carboxylic acids is 1. The molecule has 174 valence electrons. The molecule has 32 heavy (non-hydrogen) atoms. The van der Waals surface area contributed by atoms with Crippen molar-refractivity contribution in [2.75, 3.05) is 34.4 Å². The molecule has 0 spiro atoms. The minimum absolute atomic E-state index is 0.381. The molecule has 6 nitrogen and oxygen atoms in total. The van der Waals surface area contributed by atoms with Crippen LogP contribution in [0.15, 0.2) is 36.4 Å². The first-order chi connectivity index (χ1) is 15.2. The second kappa shape index (κ2) is 9.68. The molecule has 1 atom stereocenters. The summed E-state index contributed by atoms with van der Waals surface area (Å²) in [7, 11) is 4.42. The maximum absolute atomic E-state index is 13.4. The molecule has 1 saturated heterocycles. The summed E-state index contributed by atoms with van der Waals surface area (Å²) in [5.41, 5.74) is 0.364. The zero-order valence-electron chi connectivity index (χ0n) is 18.1. The summed E-state index contributed by atoms with van der Waals surface area (Å²) < 4.78 is 56.5. The van der Waals surface area contributed by atoms with Gasteiger partial charge in [-0.3, -0.25) is 9.69 Å². The smallest absolute Gasteiger partial charge is 0.416 e. The monoisotopic (exact) mass is 453 g/mol. The van der Waals surface area contributed by atoms with E-state index in [0.29, 0.717) is 54.3 Å². The highest BCUT2D eigenvalue weighted by atomic mass is 19.4. The van der Waals surface area contributed by atoms with Crippen LogP contribution in [0.2, 0.25) is 0 Å². The average Bonchev–Trinajstić information content (AvgIpc) is 2.78. The second-order valence-electron chi connectivity index (χ2n) is 7.63. The van der Waals surface area contributed by atoms with Crippen molar-refractivity contribution in [2.45, 2.75) is 25.1 Å². The maximum Gasteiger partial charge on any atom is 0.416 e. The number of hydrogen-bond acceptors (Lipinski definition) is 5. The van der Waals surface area contributed by atoms with E-state index in [1.807, 2.05) is 4.90 Å². The fraction of sp³-hybridized carbons (Fsp3) is 0.435. The van der Waals surface area contributed by atoms with Crippen molar-refractivity contribution < 1.29 is 37.3 Å². The molecule has 1 fully saturated rings. The predicted octanol–water partition coefficient (Wildman–Crippen LogP) is 4.62. The number of piperidine rings is 1. The lowest BCUT2D eigenvalue weighted by molar-refractivity contribution is -0.143. The number of benzene rings is 2. The Kier molecular flexibility index (Phi) is 7.18. The number of halogens is 3. The Morgan fingerprint density at radius 1 is 1.00 bits per heavy atom. The van der Waals surface area contributed by atoms with Crippen molar-refractivity contribution in [1.82, 2.24) is 4.90 Å². The molecule has 0 radical (unpaired) electrons. The number of carboxylic acid groups (broad SMARTS) is 1. The highest BCUT2D eigenvalue weighted by molar-refractivity contribution is 5.70. The molecule has 1 aliphatic rings. The standard InChI is InChI=1S/C23H26F3NO5/c1-30-18-12-16(13-19(31-2)21(18)32-3)20(27-9-7-14(8-10-27)22(28)29)15-5-4-6-17(11-15)23(24,25)26/h4-6,11-14,20H,7-10H2,1-3H3,(H,28,29). The van der Waals surface area contributed by atoms with Crippen molar-refractivity contribution >= 4 is 5.97 Å². The molecule has 0 amide bonds. The molecular formula is C23H26F3NO5. The fourth-order valence-corrected chi connectivity index (χ4v) is 4.16. The van der Waals surface area contributed by atoms with Crippen LogP contribution in [0.3, 0.4) is 0 Å². The van der Waals surface area contributed by atoms with Crippen LogP contribution in [-0.4, -0.2) is 50.4 Å². The van der Waals surface area contributed by atoms with Crippen LogP contribution in [0, 0.1) is 5.92 Å². The molecular weight excluding hydrogens is 427 g/mol. The number of ether oxygens (including phenoxy) is 3. The first kappa shape index (κ1) is 23.7. The molecule has 1 heterocycles. The van der Waals surface area contributed by atoms with Crippen LogP contribution in [0.4, 0.5) is 13.2 Å². The van der Waals surface area contributed by atoms with Crippen LogP contribution >= 0.6 is 0 Å². The number of carbonyl (C=O) groups is 1. The minimum Gasteiger partial charge on any atom is -0.493 e. The third kappa shape index (κ3) is 4.93. The summed E-state index contributed by atoms with van der Waals surface area (Å²) in [4.78, 5) is 13.4. The summed E-state index contributed by atoms with van der Waals surface area (Å²) in [6.45, 7) is 0.850. The van der Waals surface area contributed by atoms with Gasteiger partial charge in [-0.15, -0.1) is 0 Å². The van der Waals surface area contributed by atoms with Crippen molar-refractivity contribution in [3.63, 3.8) is 0 Å². The largest absolute Gasteiger partial charge is 0.493 e. The Hall–Kier alpha value is -2.94. The lowest BCUT2D eigenvalue weighted by Gasteiger charge is -2.37. The summed E-state index contributed by atoms with van der Waals surface area (Å²) in [5, 5.41) is 9.33. The quantitative estimate of drug-likeness (QED) is 0.660. The Bertz CT molecular complexity index is 930. The van der Waals surface area contributed by atoms with Crippen molar-refractivity contribution in [1.29, 1.82) is 0 Å². The van der Waals surface area contributed by atoms with E-state index in [2.05, 4.69) is 0 Å². The number of rotatable bonds is 7. The molecule has 0 saturated carbocycles. The number of hydrogen-bond donors (Lipinski definition) is 1. The summed E-state index contributed by atoms with van der Waals surface area (Å²) in [6.07, 6.45) is -3.66. The van der Waals surface area contributed by atoms with Gasteiger partial charge in [0.15, 0.2) is 11.5 Å². The molecule has 3 rings (SSSR count). The Labute approximate surface area is 184 Å². The number of alkyl halides is 3. The third-order valence-corrected chi connectivity index (χ3v) is 5.78. The van der Waals surface area contributed by atoms with Crippen molar-refractivity contribution in [3.05, 3.63) is 53.1 Å². The molecule has 1 unspecified atom stereocenters. The first-order valence-electron chi connectivity index (χ1n) is 10.1. The van der Waals surface area contributed by atoms with E-state index in [9.17, 15) is 23.1 Å². The highest BCUT2D eigenvalue weighted by Gasteiger charge is 2.34. The molecule has 0 aliphatic carbocycles. The Morgan fingerprint density at radius 2 is 1.59 bits per heavy atom. The number of methoxy groups -OCH3 is 3. The predicted molar refractivity (Wildman–Crippen MR) is 111 cm³/mol. The van der Waals surface area contributed by atoms with E-state index < -0.39 is 29.7 Å². The molecule has 0 bridgehead atoms. The fourth-order valence-electron chi connectivity index (χ4n) is 4.16. The normalized spacial score (nSPS) is 16.4. The van der Waals surface area contributed by atoms with E-state index in [0.717, 1.165) is 12.1 Å². The molecule has 9 heteroatoms. The van der Waals surface area contributed by atoms with E-state index in [1.54, 1.807) is 18.2 Å². The third-order valence-electron chi connectivity index (χ3n) is 5.78. The van der Waals surface area contributed by atoms with Crippen LogP contribution in [0.25, 0.3) is 0 Å². The first-order valence-corrected chi connectivity index (χ1v) is 10.1. The van der Waals surface area contributed by atoms with Gasteiger partial charge in [-0.2, -0.15) is 13.2 Å². The van der Waals surface area contributed by atoms with Crippen LogP contribution in [0.5, 0.6) is 17.2 Å². The SMILES string of the molecule is COc1cc(C(c2cccc(C(F)(F)F)c2)N2CCC(C(=O)O)CC2)cc(OC)c1OC. The van der Waals surface area contributed by atoms with Crippen LogP contribution in [-0.2, 0) is 11.0 Å². The maximum atomic E-state index is 13.4.